The zero-order chi connectivity index (χ0) is 13.3. The minimum absolute atomic E-state index is 0.194. The van der Waals surface area contributed by atoms with Crippen LogP contribution in [0.1, 0.15) is 44.2 Å². The number of rotatable bonds is 2. The third kappa shape index (κ3) is 2.83. The van der Waals surface area contributed by atoms with E-state index in [0.29, 0.717) is 5.92 Å². The van der Waals surface area contributed by atoms with E-state index in [0.717, 1.165) is 37.8 Å². The minimum Gasteiger partial charge on any atom is -0.324 e. The van der Waals surface area contributed by atoms with Crippen LogP contribution in [0.2, 0.25) is 5.02 Å². The lowest BCUT2D eigenvalue weighted by atomic mass is 9.77. The Bertz CT molecular complexity index is 428. The van der Waals surface area contributed by atoms with Crippen molar-refractivity contribution in [1.29, 1.82) is 0 Å². The molecule has 18 heavy (non-hydrogen) atoms. The number of nitrogens with two attached hydrogens (primary N) is 1. The van der Waals surface area contributed by atoms with Gasteiger partial charge in [-0.15, -0.1) is 0 Å². The molecule has 0 spiro atoms. The summed E-state index contributed by atoms with van der Waals surface area (Å²) in [5.74, 6) is -0.170. The maximum absolute atomic E-state index is 13.8. The first-order chi connectivity index (χ1) is 8.49. The second-order valence-corrected chi connectivity index (χ2v) is 5.74. The smallest absolute Gasteiger partial charge is 0.142 e. The van der Waals surface area contributed by atoms with E-state index in [1.54, 1.807) is 0 Å². The third-order valence-corrected chi connectivity index (χ3v) is 4.26. The van der Waals surface area contributed by atoms with Gasteiger partial charge >= 0.3 is 0 Å². The molecule has 0 amide bonds. The first kappa shape index (κ1) is 13.8. The molecule has 0 aliphatic heterocycles. The van der Waals surface area contributed by atoms with Gasteiger partial charge in [0, 0.05) is 11.6 Å². The summed E-state index contributed by atoms with van der Waals surface area (Å²) in [6, 6.07) is 1.71. The maximum atomic E-state index is 13.8. The van der Waals surface area contributed by atoms with Gasteiger partial charge in [0.1, 0.15) is 11.6 Å². The van der Waals surface area contributed by atoms with Crippen LogP contribution in [0.3, 0.4) is 0 Å². The summed E-state index contributed by atoms with van der Waals surface area (Å²) in [5.41, 5.74) is 6.33. The molecule has 1 aliphatic carbocycles. The Hall–Kier alpha value is -0.670. The van der Waals surface area contributed by atoms with E-state index in [2.05, 4.69) is 6.92 Å². The highest BCUT2D eigenvalue weighted by molar-refractivity contribution is 6.30. The summed E-state index contributed by atoms with van der Waals surface area (Å²) < 4.78 is 27.2. The molecule has 0 radical (unpaired) electrons. The highest BCUT2D eigenvalue weighted by Crippen LogP contribution is 2.36. The van der Waals surface area contributed by atoms with E-state index >= 15 is 0 Å². The maximum Gasteiger partial charge on any atom is 0.142 e. The van der Waals surface area contributed by atoms with Crippen molar-refractivity contribution in [1.82, 2.24) is 0 Å². The van der Waals surface area contributed by atoms with Crippen LogP contribution in [0.25, 0.3) is 0 Å². The van der Waals surface area contributed by atoms with Gasteiger partial charge in [-0.1, -0.05) is 31.4 Å². The molecule has 1 aromatic carbocycles. The van der Waals surface area contributed by atoms with E-state index in [4.69, 9.17) is 17.3 Å². The molecule has 4 heteroatoms. The van der Waals surface area contributed by atoms with E-state index in [9.17, 15) is 8.78 Å². The Labute approximate surface area is 111 Å². The Morgan fingerprint density at radius 1 is 1.17 bits per heavy atom. The molecule has 2 rings (SSSR count). The van der Waals surface area contributed by atoms with Crippen molar-refractivity contribution in [3.63, 3.8) is 0 Å². The highest BCUT2D eigenvalue weighted by atomic mass is 35.5. The lowest BCUT2D eigenvalue weighted by molar-refractivity contribution is 0.253. The topological polar surface area (TPSA) is 26.0 Å². The monoisotopic (exact) mass is 273 g/mol. The van der Waals surface area contributed by atoms with Gasteiger partial charge in [-0.2, -0.15) is 0 Å². The number of halogens is 3. The average molecular weight is 274 g/mol. The lowest BCUT2D eigenvalue weighted by Gasteiger charge is -2.31. The van der Waals surface area contributed by atoms with Crippen molar-refractivity contribution in [2.45, 2.75) is 38.6 Å². The lowest BCUT2D eigenvalue weighted by Crippen LogP contribution is -2.26. The zero-order valence-corrected chi connectivity index (χ0v) is 11.2. The predicted octanol–water partition coefficient (Wildman–Crippen LogP) is 4.44. The molecule has 1 aliphatic rings. The fourth-order valence-electron chi connectivity index (χ4n) is 2.69. The summed E-state index contributed by atoms with van der Waals surface area (Å²) in [6.07, 6.45) is 4.17. The normalized spacial score (nSPS) is 26.1. The first-order valence-electron chi connectivity index (χ1n) is 6.39. The molecule has 0 bridgehead atoms. The van der Waals surface area contributed by atoms with Gasteiger partial charge in [-0.25, -0.2) is 8.78 Å². The van der Waals surface area contributed by atoms with E-state index in [1.165, 1.54) is 0 Å². The molecule has 1 atom stereocenters. The largest absolute Gasteiger partial charge is 0.324 e. The van der Waals surface area contributed by atoms with E-state index < -0.39 is 17.7 Å². The summed E-state index contributed by atoms with van der Waals surface area (Å²) in [4.78, 5) is 0. The van der Waals surface area contributed by atoms with Crippen molar-refractivity contribution in [2.75, 3.05) is 0 Å². The molecule has 1 unspecified atom stereocenters. The van der Waals surface area contributed by atoms with Gasteiger partial charge in [0.15, 0.2) is 0 Å². The fraction of sp³-hybridized carbons (Fsp3) is 0.571. The predicted molar refractivity (Wildman–Crippen MR) is 69.4 cm³/mol. The van der Waals surface area contributed by atoms with Gasteiger partial charge in [-0.05, 0) is 36.8 Å². The number of benzene rings is 1. The molecule has 1 nitrogen and oxygen atoms in total. The molecule has 100 valence electrons. The van der Waals surface area contributed by atoms with Crippen LogP contribution in [0.15, 0.2) is 12.1 Å². The number of hydrogen-bond donors (Lipinski definition) is 1. The molecule has 0 saturated heterocycles. The summed E-state index contributed by atoms with van der Waals surface area (Å²) in [5, 5.41) is -0.194. The van der Waals surface area contributed by atoms with Crippen molar-refractivity contribution in [2.24, 2.45) is 17.6 Å². The van der Waals surface area contributed by atoms with Crippen LogP contribution < -0.4 is 5.73 Å². The Kier molecular flexibility index (Phi) is 4.23. The Morgan fingerprint density at radius 3 is 2.39 bits per heavy atom. The molecule has 0 heterocycles. The van der Waals surface area contributed by atoms with Crippen molar-refractivity contribution < 1.29 is 8.78 Å². The molecule has 0 aromatic heterocycles. The van der Waals surface area contributed by atoms with Crippen LogP contribution in [0, 0.1) is 23.5 Å². The van der Waals surface area contributed by atoms with Crippen LogP contribution in [-0.2, 0) is 0 Å². The van der Waals surface area contributed by atoms with Crippen molar-refractivity contribution in [3.8, 4) is 0 Å². The van der Waals surface area contributed by atoms with Gasteiger partial charge in [0.25, 0.3) is 0 Å². The van der Waals surface area contributed by atoms with Crippen molar-refractivity contribution >= 4 is 11.6 Å². The second kappa shape index (κ2) is 5.54. The van der Waals surface area contributed by atoms with Crippen LogP contribution >= 0.6 is 11.6 Å². The SMILES string of the molecule is CC1CCC(C(N)c2cc(F)c(Cl)cc2F)CC1. The molecular weight excluding hydrogens is 256 g/mol. The molecule has 2 N–H and O–H groups in total. The van der Waals surface area contributed by atoms with Crippen molar-refractivity contribution in [3.05, 3.63) is 34.4 Å². The molecular formula is C14H18ClF2N. The fourth-order valence-corrected chi connectivity index (χ4v) is 2.84. The summed E-state index contributed by atoms with van der Waals surface area (Å²) in [7, 11) is 0. The van der Waals surface area contributed by atoms with Gasteiger partial charge in [0.05, 0.1) is 5.02 Å². The van der Waals surface area contributed by atoms with Crippen LogP contribution in [0.4, 0.5) is 8.78 Å². The molecule has 1 saturated carbocycles. The van der Waals surface area contributed by atoms with Crippen LogP contribution in [-0.4, -0.2) is 0 Å². The number of hydrogen-bond acceptors (Lipinski definition) is 1. The van der Waals surface area contributed by atoms with Crippen LogP contribution in [0.5, 0.6) is 0 Å². The van der Waals surface area contributed by atoms with E-state index in [-0.39, 0.29) is 16.5 Å². The zero-order valence-electron chi connectivity index (χ0n) is 10.4. The standard InChI is InChI=1S/C14H18ClF2N/c1-8-2-4-9(5-3-8)14(18)10-6-13(17)11(15)7-12(10)16/h6-9,14H,2-5,18H2,1H3. The van der Waals surface area contributed by atoms with E-state index in [1.807, 2.05) is 0 Å². The van der Waals surface area contributed by atoms with Gasteiger partial charge in [-0.3, -0.25) is 0 Å². The summed E-state index contributed by atoms with van der Waals surface area (Å²) in [6.45, 7) is 2.21. The first-order valence-corrected chi connectivity index (χ1v) is 6.77. The Balaban J connectivity index is 2.18. The van der Waals surface area contributed by atoms with Gasteiger partial charge < -0.3 is 5.73 Å². The highest BCUT2D eigenvalue weighted by Gasteiger charge is 2.27. The average Bonchev–Trinajstić information content (AvgIpc) is 2.34. The molecule has 1 fully saturated rings. The quantitative estimate of drug-likeness (QED) is 0.792. The molecule has 1 aromatic rings. The summed E-state index contributed by atoms with van der Waals surface area (Å²) >= 11 is 5.54. The van der Waals surface area contributed by atoms with Gasteiger partial charge in [0.2, 0.25) is 0 Å². The second-order valence-electron chi connectivity index (χ2n) is 5.33. The minimum atomic E-state index is -0.604. The Morgan fingerprint density at radius 2 is 1.78 bits per heavy atom. The third-order valence-electron chi connectivity index (χ3n) is 3.97.